The summed E-state index contributed by atoms with van der Waals surface area (Å²) in [6, 6.07) is 8.16. The second kappa shape index (κ2) is 4.50. The predicted octanol–water partition coefficient (Wildman–Crippen LogP) is 4.00. The van der Waals surface area contributed by atoms with Gasteiger partial charge in [-0.25, -0.2) is 0 Å². The lowest BCUT2D eigenvalue weighted by Crippen LogP contribution is -2.03. The Bertz CT molecular complexity index is 569. The summed E-state index contributed by atoms with van der Waals surface area (Å²) in [6.07, 6.45) is 0. The Morgan fingerprint density at radius 1 is 1.00 bits per heavy atom. The molecule has 2 rings (SSSR count). The lowest BCUT2D eigenvalue weighted by atomic mass is 10.1. The van der Waals surface area contributed by atoms with Gasteiger partial charge in [-0.2, -0.15) is 0 Å². The van der Waals surface area contributed by atoms with Gasteiger partial charge in [0.15, 0.2) is 0 Å². The monoisotopic (exact) mass is 273 g/mol. The molecule has 82 valence electrons. The first kappa shape index (κ1) is 11.5. The lowest BCUT2D eigenvalue weighted by molar-refractivity contribution is 1.24. The van der Waals surface area contributed by atoms with Crippen molar-refractivity contribution in [3.05, 3.63) is 55.8 Å². The topological polar surface area (TPSA) is 32.9 Å². The number of halogens is 3. The quantitative estimate of drug-likeness (QED) is 0.783. The van der Waals surface area contributed by atoms with Crippen molar-refractivity contribution in [1.82, 2.24) is 4.98 Å². The fraction of sp³-hybridized carbons (Fsp3) is 0. The summed E-state index contributed by atoms with van der Waals surface area (Å²) in [7, 11) is 0. The Morgan fingerprint density at radius 3 is 2.19 bits per heavy atom. The SMILES string of the molecule is O=c1cccc(-c2cc(Cl)c(Cl)c(Cl)c2)[nH]1. The summed E-state index contributed by atoms with van der Waals surface area (Å²) < 4.78 is 0. The number of pyridine rings is 1. The van der Waals surface area contributed by atoms with Crippen molar-refractivity contribution in [2.24, 2.45) is 0 Å². The molecule has 5 heteroatoms. The third-order valence-electron chi connectivity index (χ3n) is 2.06. The third kappa shape index (κ3) is 2.24. The van der Waals surface area contributed by atoms with Gasteiger partial charge in [-0.15, -0.1) is 0 Å². The highest BCUT2D eigenvalue weighted by atomic mass is 35.5. The van der Waals surface area contributed by atoms with Gasteiger partial charge in [0, 0.05) is 17.3 Å². The van der Waals surface area contributed by atoms with E-state index in [2.05, 4.69) is 4.98 Å². The summed E-state index contributed by atoms with van der Waals surface area (Å²) in [5.41, 5.74) is 1.18. The first-order valence-corrected chi connectivity index (χ1v) is 5.55. The highest BCUT2D eigenvalue weighted by Gasteiger charge is 2.07. The molecule has 2 aromatic rings. The number of hydrogen-bond donors (Lipinski definition) is 1. The maximum Gasteiger partial charge on any atom is 0.248 e. The molecule has 0 spiro atoms. The van der Waals surface area contributed by atoms with E-state index in [9.17, 15) is 4.79 Å². The minimum Gasteiger partial charge on any atom is -0.322 e. The van der Waals surface area contributed by atoms with Crippen molar-refractivity contribution in [3.8, 4) is 11.3 Å². The fourth-order valence-corrected chi connectivity index (χ4v) is 1.92. The normalized spacial score (nSPS) is 10.4. The van der Waals surface area contributed by atoms with E-state index in [4.69, 9.17) is 34.8 Å². The average molecular weight is 275 g/mol. The van der Waals surface area contributed by atoms with Crippen LogP contribution in [0.2, 0.25) is 15.1 Å². The summed E-state index contributed by atoms with van der Waals surface area (Å²) in [5, 5.41) is 1.02. The molecule has 0 amide bonds. The number of aromatic amines is 1. The summed E-state index contributed by atoms with van der Waals surface area (Å²) in [6.45, 7) is 0. The van der Waals surface area contributed by atoms with E-state index in [0.29, 0.717) is 20.8 Å². The van der Waals surface area contributed by atoms with Crippen molar-refractivity contribution in [3.63, 3.8) is 0 Å². The molecule has 0 aliphatic carbocycles. The lowest BCUT2D eigenvalue weighted by Gasteiger charge is -2.05. The molecule has 1 aromatic heterocycles. The molecule has 0 radical (unpaired) electrons. The van der Waals surface area contributed by atoms with Crippen LogP contribution in [-0.4, -0.2) is 4.98 Å². The first-order valence-electron chi connectivity index (χ1n) is 4.42. The Morgan fingerprint density at radius 2 is 1.62 bits per heavy atom. The molecule has 0 aliphatic rings. The zero-order valence-corrected chi connectivity index (χ0v) is 10.2. The van der Waals surface area contributed by atoms with E-state index >= 15 is 0 Å². The number of H-pyrrole nitrogens is 1. The van der Waals surface area contributed by atoms with Gasteiger partial charge in [0.2, 0.25) is 5.56 Å². The highest BCUT2D eigenvalue weighted by molar-refractivity contribution is 6.48. The molecule has 0 unspecified atom stereocenters. The van der Waals surface area contributed by atoms with Crippen LogP contribution in [0.3, 0.4) is 0 Å². The van der Waals surface area contributed by atoms with Gasteiger partial charge >= 0.3 is 0 Å². The van der Waals surface area contributed by atoms with Gasteiger partial charge in [0.1, 0.15) is 0 Å². The van der Waals surface area contributed by atoms with Crippen LogP contribution in [0.5, 0.6) is 0 Å². The Balaban J connectivity index is 2.61. The molecular formula is C11H6Cl3NO. The van der Waals surface area contributed by atoms with Crippen LogP contribution in [-0.2, 0) is 0 Å². The zero-order valence-electron chi connectivity index (χ0n) is 7.93. The molecule has 0 saturated carbocycles. The van der Waals surface area contributed by atoms with Gasteiger partial charge in [0.25, 0.3) is 0 Å². The summed E-state index contributed by atoms with van der Waals surface area (Å²) >= 11 is 17.6. The smallest absolute Gasteiger partial charge is 0.248 e. The Labute approximate surface area is 107 Å². The van der Waals surface area contributed by atoms with Gasteiger partial charge in [-0.1, -0.05) is 40.9 Å². The summed E-state index contributed by atoms with van der Waals surface area (Å²) in [4.78, 5) is 13.8. The molecule has 0 atom stereocenters. The van der Waals surface area contributed by atoms with Crippen LogP contribution in [0.4, 0.5) is 0 Å². The Hall–Kier alpha value is -0.960. The van der Waals surface area contributed by atoms with Gasteiger partial charge < -0.3 is 4.98 Å². The number of hydrogen-bond acceptors (Lipinski definition) is 1. The second-order valence-electron chi connectivity index (χ2n) is 3.18. The third-order valence-corrected chi connectivity index (χ3v) is 3.26. The minimum atomic E-state index is -0.181. The molecule has 1 heterocycles. The number of nitrogens with one attached hydrogen (secondary N) is 1. The molecule has 0 aliphatic heterocycles. The van der Waals surface area contributed by atoms with Crippen LogP contribution in [0, 0.1) is 0 Å². The van der Waals surface area contributed by atoms with Crippen LogP contribution in [0.15, 0.2) is 35.1 Å². The van der Waals surface area contributed by atoms with E-state index in [1.165, 1.54) is 6.07 Å². The van der Waals surface area contributed by atoms with Crippen molar-refractivity contribution in [2.45, 2.75) is 0 Å². The van der Waals surface area contributed by atoms with Crippen molar-refractivity contribution in [2.75, 3.05) is 0 Å². The molecule has 2 nitrogen and oxygen atoms in total. The number of benzene rings is 1. The average Bonchev–Trinajstić information content (AvgIpc) is 2.25. The van der Waals surface area contributed by atoms with Gasteiger partial charge in [-0.05, 0) is 18.2 Å². The molecular weight excluding hydrogens is 268 g/mol. The molecule has 0 fully saturated rings. The largest absolute Gasteiger partial charge is 0.322 e. The first-order chi connectivity index (χ1) is 7.58. The fourth-order valence-electron chi connectivity index (χ4n) is 1.33. The van der Waals surface area contributed by atoms with E-state index in [1.54, 1.807) is 24.3 Å². The van der Waals surface area contributed by atoms with Crippen molar-refractivity contribution in [1.29, 1.82) is 0 Å². The van der Waals surface area contributed by atoms with E-state index < -0.39 is 0 Å². The van der Waals surface area contributed by atoms with Crippen molar-refractivity contribution >= 4 is 34.8 Å². The minimum absolute atomic E-state index is 0.181. The predicted molar refractivity (Wildman–Crippen MR) is 67.5 cm³/mol. The zero-order chi connectivity index (χ0) is 11.7. The van der Waals surface area contributed by atoms with Gasteiger partial charge in [0.05, 0.1) is 15.1 Å². The molecule has 0 bridgehead atoms. The summed E-state index contributed by atoms with van der Waals surface area (Å²) in [5.74, 6) is 0. The number of aromatic nitrogens is 1. The molecule has 1 aromatic carbocycles. The molecule has 1 N–H and O–H groups in total. The maximum absolute atomic E-state index is 11.2. The number of rotatable bonds is 1. The standard InChI is InChI=1S/C11H6Cl3NO/c12-7-4-6(5-8(13)11(7)14)9-2-1-3-10(16)15-9/h1-5H,(H,15,16). The van der Waals surface area contributed by atoms with Crippen LogP contribution >= 0.6 is 34.8 Å². The van der Waals surface area contributed by atoms with Gasteiger partial charge in [-0.3, -0.25) is 4.79 Å². The van der Waals surface area contributed by atoms with Crippen LogP contribution < -0.4 is 5.56 Å². The Kier molecular flexibility index (Phi) is 3.24. The van der Waals surface area contributed by atoms with E-state index in [0.717, 1.165) is 5.56 Å². The van der Waals surface area contributed by atoms with E-state index in [-0.39, 0.29) is 5.56 Å². The molecule has 16 heavy (non-hydrogen) atoms. The second-order valence-corrected chi connectivity index (χ2v) is 4.37. The molecule has 0 saturated heterocycles. The van der Waals surface area contributed by atoms with Crippen molar-refractivity contribution < 1.29 is 0 Å². The van der Waals surface area contributed by atoms with Crippen LogP contribution in [0.25, 0.3) is 11.3 Å². The van der Waals surface area contributed by atoms with E-state index in [1.807, 2.05) is 0 Å². The maximum atomic E-state index is 11.2. The highest BCUT2D eigenvalue weighted by Crippen LogP contribution is 2.34. The van der Waals surface area contributed by atoms with Crippen LogP contribution in [0.1, 0.15) is 0 Å².